The van der Waals surface area contributed by atoms with Gasteiger partial charge in [0.1, 0.15) is 24.0 Å². The number of carbonyl (C=O) groups is 6. The van der Waals surface area contributed by atoms with E-state index in [2.05, 4.69) is 21.3 Å². The van der Waals surface area contributed by atoms with Gasteiger partial charge in [-0.2, -0.15) is 0 Å². The predicted octanol–water partition coefficient (Wildman–Crippen LogP) is -0.199. The van der Waals surface area contributed by atoms with Gasteiger partial charge in [0, 0.05) is 31.8 Å². The third-order valence-corrected chi connectivity index (χ3v) is 8.55. The third kappa shape index (κ3) is 12.9. The second kappa shape index (κ2) is 19.6. The number of carbonyl (C=O) groups excluding carboxylic acids is 5. The number of benzene rings is 2. The second-order valence-corrected chi connectivity index (χ2v) is 12.4. The molecule has 1 fully saturated rings. The molecule has 2 aromatic rings. The number of hydrogen-bond acceptors (Lipinski definition) is 9. The first kappa shape index (κ1) is 39.1. The van der Waals surface area contributed by atoms with Crippen LogP contribution in [0.2, 0.25) is 0 Å². The Morgan fingerprint density at radius 3 is 2.37 bits per heavy atom. The van der Waals surface area contributed by atoms with Crippen LogP contribution < -0.4 is 32.7 Å². The van der Waals surface area contributed by atoms with E-state index in [-0.39, 0.29) is 51.1 Å². The van der Waals surface area contributed by atoms with Gasteiger partial charge in [-0.25, -0.2) is 0 Å². The molecule has 5 amide bonds. The van der Waals surface area contributed by atoms with Gasteiger partial charge in [0.05, 0.1) is 0 Å². The summed E-state index contributed by atoms with van der Waals surface area (Å²) in [5.41, 5.74) is 11.6. The Morgan fingerprint density at radius 1 is 0.959 bits per heavy atom. The zero-order chi connectivity index (χ0) is 35.9. The van der Waals surface area contributed by atoms with Gasteiger partial charge in [0.15, 0.2) is 6.35 Å². The number of aliphatic hydroxyl groups is 1. The highest BCUT2D eigenvalue weighted by Gasteiger charge is 2.36. The lowest BCUT2D eigenvalue weighted by Gasteiger charge is -2.36. The number of nitrogens with zero attached hydrogens (tertiary/aromatic N) is 1. The summed E-state index contributed by atoms with van der Waals surface area (Å²) in [4.78, 5) is 77.9. The molecule has 1 aliphatic heterocycles. The lowest BCUT2D eigenvalue weighted by Crippen LogP contribution is -2.58. The summed E-state index contributed by atoms with van der Waals surface area (Å²) >= 11 is 5.61. The van der Waals surface area contributed by atoms with Gasteiger partial charge < -0.3 is 36.8 Å². The van der Waals surface area contributed by atoms with Gasteiger partial charge >= 0.3 is 5.97 Å². The van der Waals surface area contributed by atoms with E-state index in [1.807, 2.05) is 42.5 Å². The highest BCUT2D eigenvalue weighted by Crippen LogP contribution is 2.21. The molecule has 15 nitrogen and oxygen atoms in total. The number of aliphatic carboxylic acids is 1. The van der Waals surface area contributed by atoms with Crippen molar-refractivity contribution in [3.8, 4) is 0 Å². The van der Waals surface area contributed by atoms with Crippen molar-refractivity contribution in [2.45, 2.75) is 88.3 Å². The first-order valence-corrected chi connectivity index (χ1v) is 16.8. The molecule has 1 heterocycles. The van der Waals surface area contributed by atoms with E-state index in [1.54, 1.807) is 0 Å². The van der Waals surface area contributed by atoms with E-state index in [0.29, 0.717) is 25.7 Å². The maximum atomic E-state index is 13.9. The van der Waals surface area contributed by atoms with Crippen molar-refractivity contribution in [1.29, 1.82) is 0 Å². The molecule has 2 unspecified atom stereocenters. The summed E-state index contributed by atoms with van der Waals surface area (Å²) in [6.07, 6.45) is 0.376. The fourth-order valence-corrected chi connectivity index (χ4v) is 5.89. The van der Waals surface area contributed by atoms with Crippen molar-refractivity contribution in [2.24, 2.45) is 11.5 Å². The number of rotatable bonds is 19. The lowest BCUT2D eigenvalue weighted by molar-refractivity contribution is -0.144. The number of piperidine rings is 1. The molecular weight excluding hydrogens is 658 g/mol. The zero-order valence-electron chi connectivity index (χ0n) is 27.2. The van der Waals surface area contributed by atoms with Gasteiger partial charge in [0.25, 0.3) is 0 Å². The minimum Gasteiger partial charge on any atom is -0.481 e. The monoisotopic (exact) mass is 703 g/mol. The molecule has 0 aliphatic carbocycles. The number of carboxylic acid groups (broad SMARTS) is 1. The molecule has 2 aromatic carbocycles. The number of primary amides is 1. The van der Waals surface area contributed by atoms with Gasteiger partial charge in [0.2, 0.25) is 29.5 Å². The number of nitrogens with one attached hydrogen (secondary N) is 4. The number of aliphatic hydroxyl groups excluding tert-OH is 1. The van der Waals surface area contributed by atoms with Crippen molar-refractivity contribution >= 4 is 57.9 Å². The van der Waals surface area contributed by atoms with Gasteiger partial charge in [-0.05, 0) is 61.4 Å². The van der Waals surface area contributed by atoms with Crippen molar-refractivity contribution < 1.29 is 39.0 Å². The van der Waals surface area contributed by atoms with Crippen molar-refractivity contribution in [3.05, 3.63) is 48.0 Å². The normalized spacial score (nSPS) is 17.0. The summed E-state index contributed by atoms with van der Waals surface area (Å²) < 4.78 is 0. The van der Waals surface area contributed by atoms with Crippen LogP contribution in [0.5, 0.6) is 0 Å². The molecule has 0 bridgehead atoms. The van der Waals surface area contributed by atoms with Crippen LogP contribution in [0.3, 0.4) is 0 Å². The number of nitrogens with two attached hydrogens (primary N) is 2. The van der Waals surface area contributed by atoms with Crippen LogP contribution in [0, 0.1) is 0 Å². The van der Waals surface area contributed by atoms with Gasteiger partial charge in [-0.3, -0.25) is 39.8 Å². The number of halogens is 1. The Bertz CT molecular complexity index is 1480. The number of hydrogen-bond donors (Lipinski definition) is 8. The number of fused-ring (bicyclic) bond motifs is 1. The summed E-state index contributed by atoms with van der Waals surface area (Å²) in [5, 5.41) is 30.9. The Kier molecular flexibility index (Phi) is 15.7. The van der Waals surface area contributed by atoms with Crippen LogP contribution in [0.15, 0.2) is 42.5 Å². The first-order valence-electron chi connectivity index (χ1n) is 16.3. The van der Waals surface area contributed by atoms with Gasteiger partial charge in [-0.1, -0.05) is 42.5 Å². The fourth-order valence-electron chi connectivity index (χ4n) is 5.81. The molecule has 0 aromatic heterocycles. The van der Waals surface area contributed by atoms with Crippen LogP contribution in [-0.4, -0.2) is 100 Å². The second-order valence-electron chi connectivity index (χ2n) is 12.1. The fraction of sp³-hybridized carbons (Fsp3) is 0.515. The molecule has 268 valence electrons. The molecule has 0 saturated carbocycles. The maximum absolute atomic E-state index is 13.9. The van der Waals surface area contributed by atoms with E-state index in [9.17, 15) is 33.9 Å². The summed E-state index contributed by atoms with van der Waals surface area (Å²) in [6.45, 7) is 0.510. The molecule has 49 heavy (non-hydrogen) atoms. The topological polar surface area (TPSA) is 246 Å². The predicted molar refractivity (Wildman–Crippen MR) is 182 cm³/mol. The number of likely N-dealkylation sites (tertiary alicyclic amines) is 1. The molecule has 0 radical (unpaired) electrons. The summed E-state index contributed by atoms with van der Waals surface area (Å²) in [5.74, 6) is -4.46. The SMILES string of the molecule is NC(=O)[C@H](CCCNC(N)O)NC(=O)C(Cc1ccc2ccccc2c1)NC(=O)[C@@H]1CCCCN1C(=O)C[C@H](CCC(=O)O)NC(=O)CCl. The third-order valence-electron chi connectivity index (χ3n) is 8.31. The Labute approximate surface area is 289 Å². The van der Waals surface area contributed by atoms with E-state index >= 15 is 0 Å². The molecular formula is C33H46ClN7O8. The van der Waals surface area contributed by atoms with Crippen LogP contribution in [0.1, 0.15) is 56.9 Å². The quantitative estimate of drug-likeness (QED) is 0.0544. The van der Waals surface area contributed by atoms with Gasteiger partial charge in [-0.15, -0.1) is 11.6 Å². The van der Waals surface area contributed by atoms with E-state index in [0.717, 1.165) is 16.3 Å². The van der Waals surface area contributed by atoms with E-state index < -0.39 is 66.0 Å². The van der Waals surface area contributed by atoms with Crippen LogP contribution in [-0.2, 0) is 35.2 Å². The average molecular weight is 704 g/mol. The van der Waals surface area contributed by atoms with E-state index in [4.69, 9.17) is 28.2 Å². The molecule has 1 saturated heterocycles. The lowest BCUT2D eigenvalue weighted by atomic mass is 9.97. The molecule has 16 heteroatoms. The molecule has 10 N–H and O–H groups in total. The number of carboxylic acids is 1. The molecule has 1 aliphatic rings. The van der Waals surface area contributed by atoms with Crippen molar-refractivity contribution in [2.75, 3.05) is 19.0 Å². The standard InChI is InChI=1S/C33H46ClN7O8/c34-19-27(42)38-23(12-13-29(44)45)18-28(43)41-15-4-3-9-26(41)32(48)40-25(17-20-10-11-21-6-1-2-7-22(21)16-20)31(47)39-24(30(35)46)8-5-14-37-33(36)49/h1-2,6-7,10-11,16,23-26,33,37,49H,3-5,8-9,12-15,17-19,36H2,(H2,35,46)(H,38,42)(H,39,47)(H,40,48)(H,44,45)/t23-,24-,25?,26-,33?/m0/s1. The van der Waals surface area contributed by atoms with Crippen LogP contribution >= 0.6 is 11.6 Å². The minimum atomic E-state index is -1.24. The summed E-state index contributed by atoms with van der Waals surface area (Å²) in [6, 6.07) is 9.35. The molecule has 0 spiro atoms. The Hall–Kier alpha value is -4.31. The summed E-state index contributed by atoms with van der Waals surface area (Å²) in [7, 11) is 0. The first-order chi connectivity index (χ1) is 23.4. The van der Waals surface area contributed by atoms with Crippen molar-refractivity contribution in [3.63, 3.8) is 0 Å². The smallest absolute Gasteiger partial charge is 0.303 e. The number of alkyl halides is 1. The highest BCUT2D eigenvalue weighted by molar-refractivity contribution is 6.27. The average Bonchev–Trinajstić information content (AvgIpc) is 3.07. The van der Waals surface area contributed by atoms with Crippen LogP contribution in [0.4, 0.5) is 0 Å². The zero-order valence-corrected chi connectivity index (χ0v) is 28.0. The minimum absolute atomic E-state index is 0.00763. The Balaban J connectivity index is 1.81. The maximum Gasteiger partial charge on any atom is 0.303 e. The molecule has 3 rings (SSSR count). The number of amides is 5. The van der Waals surface area contributed by atoms with Crippen molar-refractivity contribution in [1.82, 2.24) is 26.2 Å². The largest absolute Gasteiger partial charge is 0.481 e. The van der Waals surface area contributed by atoms with E-state index in [1.165, 1.54) is 4.90 Å². The molecule has 5 atom stereocenters. The highest BCUT2D eigenvalue weighted by atomic mass is 35.5. The van der Waals surface area contributed by atoms with Crippen LogP contribution in [0.25, 0.3) is 10.8 Å². The Morgan fingerprint density at radius 2 is 1.69 bits per heavy atom.